The number of ether oxygens (including phenoxy) is 3. The number of fused-ring (bicyclic) bond motifs is 4. The summed E-state index contributed by atoms with van der Waals surface area (Å²) in [6, 6.07) is 33.4. The molecule has 100 heavy (non-hydrogen) atoms. The Morgan fingerprint density at radius 3 is 1.25 bits per heavy atom. The normalized spacial score (nSPS) is 10.1. The lowest BCUT2D eigenvalue weighted by Gasteiger charge is -2.08. The second-order valence-corrected chi connectivity index (χ2v) is 19.8. The maximum absolute atomic E-state index is 11.0. The first-order valence-corrected chi connectivity index (χ1v) is 27.4. The fraction of sp³-hybridized carbons (Fsp3) is 0.0441. The lowest BCUT2D eigenvalue weighted by atomic mass is 10.0. The van der Waals surface area contributed by atoms with Crippen LogP contribution in [0.1, 0.15) is 72.5 Å². The van der Waals surface area contributed by atoms with E-state index in [2.05, 4.69) is 0 Å². The molecule has 0 saturated heterocycles. The van der Waals surface area contributed by atoms with Crippen molar-refractivity contribution < 1.29 is 160 Å². The summed E-state index contributed by atoms with van der Waals surface area (Å²) in [5, 5.41) is 203. The minimum absolute atomic E-state index is 0.00491. The van der Waals surface area contributed by atoms with Crippen LogP contribution in [0, 0.1) is 0 Å². The predicted molar refractivity (Wildman–Crippen MR) is 348 cm³/mol. The lowest BCUT2D eigenvalue weighted by molar-refractivity contribution is 0.0682. The highest BCUT2D eigenvalue weighted by Gasteiger charge is 2.24. The number of hydrogen-bond donors (Lipinski definition) is 22. The van der Waals surface area contributed by atoms with Gasteiger partial charge >= 0.3 is 41.8 Å². The molecule has 0 unspecified atom stereocenters. The molecule has 0 spiro atoms. The summed E-state index contributed by atoms with van der Waals surface area (Å²) >= 11 is 0. The number of phenolic OH excluding ortho intramolecular Hbond substituents is 10. The Hall–Kier alpha value is -14.9. The van der Waals surface area contributed by atoms with E-state index < -0.39 is 104 Å². The van der Waals surface area contributed by atoms with E-state index in [1.165, 1.54) is 167 Å². The van der Waals surface area contributed by atoms with Crippen LogP contribution < -0.4 is 14.2 Å². The number of aromatic carboxylic acids is 7. The van der Waals surface area contributed by atoms with Crippen LogP contribution in [0.3, 0.4) is 0 Å². The number of rotatable bonds is 10. The highest BCUT2D eigenvalue weighted by molar-refractivity contribution is 6.11. The van der Waals surface area contributed by atoms with E-state index in [0.717, 1.165) is 6.07 Å². The van der Waals surface area contributed by atoms with Crippen molar-refractivity contribution in [2.24, 2.45) is 0 Å². The van der Waals surface area contributed by atoms with Crippen molar-refractivity contribution in [2.45, 2.75) is 0 Å². The van der Waals surface area contributed by atoms with Gasteiger partial charge in [-0.25, -0.2) is 33.6 Å². The average Bonchev–Trinajstić information content (AvgIpc) is 1.07. The predicted octanol–water partition coefficient (Wildman–Crippen LogP) is 9.92. The Kier molecular flexibility index (Phi) is 24.9. The Morgan fingerprint density at radius 2 is 0.710 bits per heavy atom. The molecule has 0 amide bonds. The number of methoxy groups -OCH3 is 3. The summed E-state index contributed by atoms with van der Waals surface area (Å²) in [6.45, 7) is 0. The van der Waals surface area contributed by atoms with E-state index in [-0.39, 0.29) is 107 Å². The number of hydrogen-bond acceptors (Lipinski definition) is 25. The van der Waals surface area contributed by atoms with E-state index in [1.807, 2.05) is 0 Å². The van der Waals surface area contributed by atoms with Gasteiger partial charge in [-0.3, -0.25) is 0 Å². The van der Waals surface area contributed by atoms with Gasteiger partial charge in [0.2, 0.25) is 0 Å². The summed E-state index contributed by atoms with van der Waals surface area (Å²) in [7, 11) is 4.07. The topological polar surface area (TPSA) is 592 Å². The van der Waals surface area contributed by atoms with Gasteiger partial charge in [0.15, 0.2) is 69.0 Å². The molecular weight excluding hydrogens is 1330 g/mol. The van der Waals surface area contributed by atoms with E-state index >= 15 is 0 Å². The summed E-state index contributed by atoms with van der Waals surface area (Å²) in [6.07, 6.45) is 0. The van der Waals surface area contributed by atoms with Crippen LogP contribution in [0.4, 0.5) is 0 Å². The van der Waals surface area contributed by atoms with Gasteiger partial charge in [0.05, 0.1) is 26.9 Å². The van der Waals surface area contributed by atoms with Gasteiger partial charge < -0.3 is 127 Å². The summed E-state index contributed by atoms with van der Waals surface area (Å²) in [5.41, 5.74) is -1.77. The van der Waals surface area contributed by atoms with Crippen LogP contribution in [0.15, 0.2) is 152 Å². The van der Waals surface area contributed by atoms with Crippen molar-refractivity contribution in [2.75, 3.05) is 21.3 Å². The van der Waals surface area contributed by atoms with Crippen molar-refractivity contribution in [1.82, 2.24) is 0 Å². The van der Waals surface area contributed by atoms with Gasteiger partial charge in [0.1, 0.15) is 67.9 Å². The number of para-hydroxylation sites is 1. The molecule has 11 rings (SSSR count). The molecule has 11 aromatic rings. The molecule has 0 fully saturated rings. The molecule has 0 saturated carbocycles. The van der Waals surface area contributed by atoms with E-state index in [9.17, 15) is 99.9 Å². The van der Waals surface area contributed by atoms with Crippen molar-refractivity contribution >= 4 is 84.9 Å². The number of aromatic hydroxyl groups is 15. The smallest absolute Gasteiger partial charge is 0.340 e. The minimum Gasteiger partial charge on any atom is -0.508 e. The molecule has 0 aliphatic rings. The molecule has 0 aliphatic carbocycles. The number of carbonyl (C=O) groups is 7. The Labute approximate surface area is 558 Å². The first-order chi connectivity index (χ1) is 47.0. The second-order valence-electron chi connectivity index (χ2n) is 19.8. The lowest BCUT2D eigenvalue weighted by Crippen LogP contribution is -1.99. The number of carboxylic acids is 7. The monoisotopic (exact) mass is 1380 g/mol. The van der Waals surface area contributed by atoms with Crippen LogP contribution in [0.2, 0.25) is 0 Å². The first-order valence-electron chi connectivity index (χ1n) is 27.4. The van der Waals surface area contributed by atoms with Crippen LogP contribution >= 0.6 is 0 Å². The quantitative estimate of drug-likeness (QED) is 0.0566. The molecule has 0 atom stereocenters. The van der Waals surface area contributed by atoms with Gasteiger partial charge in [-0.2, -0.15) is 0 Å². The van der Waals surface area contributed by atoms with Crippen LogP contribution in [-0.4, -0.2) is 175 Å². The van der Waals surface area contributed by atoms with Gasteiger partial charge in [-0.1, -0.05) is 36.4 Å². The van der Waals surface area contributed by atoms with Crippen LogP contribution in [0.25, 0.3) is 43.1 Å². The summed E-state index contributed by atoms with van der Waals surface area (Å²) in [4.78, 5) is 75.2. The maximum Gasteiger partial charge on any atom is 0.340 e. The highest BCUT2D eigenvalue weighted by atomic mass is 16.5. The van der Waals surface area contributed by atoms with Crippen molar-refractivity contribution in [3.05, 3.63) is 191 Å². The molecule has 0 bridgehead atoms. The fourth-order valence-corrected chi connectivity index (χ4v) is 8.91. The number of benzene rings is 11. The Balaban J connectivity index is 0.000000211. The molecular formula is C68H56O32. The SMILES string of the molecule is COc1cc(C(=O)O)ccc1O.COc1cc(O)ccc1C(=O)O.COc1cccc(C(=O)O)c1O.O=C(O)c1c(O)c(O)cc2c(O)cccc12.O=C(O)c1c(O)c(O)cc2cc(O)ccc12.O=C(O)c1c(O)c(O)cc2ccc(O)cc12.O=C(O)c1c(O)c(O)cc2cccc(O)c12. The van der Waals surface area contributed by atoms with Gasteiger partial charge in [0, 0.05) is 33.0 Å². The first kappa shape index (κ1) is 75.9. The maximum atomic E-state index is 11.0. The van der Waals surface area contributed by atoms with Crippen molar-refractivity contribution in [3.63, 3.8) is 0 Å². The van der Waals surface area contributed by atoms with Crippen molar-refractivity contribution in [1.29, 1.82) is 0 Å². The van der Waals surface area contributed by atoms with Crippen LogP contribution in [0.5, 0.6) is 103 Å². The van der Waals surface area contributed by atoms with Gasteiger partial charge in [-0.15, -0.1) is 0 Å². The van der Waals surface area contributed by atoms with Crippen LogP contribution in [-0.2, 0) is 0 Å². The zero-order valence-corrected chi connectivity index (χ0v) is 51.4. The molecule has 0 aliphatic heterocycles. The molecule has 0 heterocycles. The second kappa shape index (κ2) is 32.8. The molecule has 32 heteroatoms. The van der Waals surface area contributed by atoms with E-state index in [1.54, 1.807) is 0 Å². The average molecular weight is 1390 g/mol. The summed E-state index contributed by atoms with van der Waals surface area (Å²) in [5.74, 6) is -14.3. The fourth-order valence-electron chi connectivity index (χ4n) is 8.91. The molecule has 520 valence electrons. The number of carboxylic acid groups (broad SMARTS) is 7. The third-order valence-electron chi connectivity index (χ3n) is 13.5. The Bertz CT molecular complexity index is 4950. The molecule has 11 aromatic carbocycles. The molecule has 0 radical (unpaired) electrons. The highest BCUT2D eigenvalue weighted by Crippen LogP contribution is 2.42. The third kappa shape index (κ3) is 17.9. The van der Waals surface area contributed by atoms with E-state index in [4.69, 9.17) is 60.2 Å². The standard InChI is InChI=1S/4C11H8O5.3C8H8O4/c12-6-1-2-7-5(3-6)4-8(13)10(14)9(7)11(15)16;12-6-2-1-5-3-8(13)10(14)9(11(15)16)7(5)4-6;12-7-3-1-2-5-6(7)4-8(13)10(14)9(5)11(15)16;12-6-3-1-2-5-4-7(13)10(14)9(8(5)6)11(15)16;1-12-7-4-5(9)2-3-6(7)8(10)11;1-12-7-4-5(8(10)11)2-3-6(7)9;1-12-6-4-2-3-5(7(6)9)8(10)11/h4*1-4,12-14H,(H,15,16);3*2-4,9H,1H3,(H,10,11). The third-order valence-corrected chi connectivity index (χ3v) is 13.5. The van der Waals surface area contributed by atoms with Gasteiger partial charge in [0.25, 0.3) is 0 Å². The molecule has 0 aromatic heterocycles. The zero-order valence-electron chi connectivity index (χ0n) is 51.4. The van der Waals surface area contributed by atoms with Crippen molar-refractivity contribution in [3.8, 4) is 103 Å². The Morgan fingerprint density at radius 1 is 0.260 bits per heavy atom. The zero-order chi connectivity index (χ0) is 74.9. The van der Waals surface area contributed by atoms with E-state index in [0.29, 0.717) is 16.2 Å². The van der Waals surface area contributed by atoms with Gasteiger partial charge in [-0.05, 0) is 125 Å². The molecule has 22 N–H and O–H groups in total. The number of phenols is 15. The largest absolute Gasteiger partial charge is 0.508 e. The summed E-state index contributed by atoms with van der Waals surface area (Å²) < 4.78 is 14.2. The minimum atomic E-state index is -1.42. The molecule has 32 nitrogen and oxygen atoms in total.